The first-order chi connectivity index (χ1) is 8.30. The molecule has 2 amide bonds. The summed E-state index contributed by atoms with van der Waals surface area (Å²) in [6.45, 7) is 10.7. The zero-order chi connectivity index (χ0) is 13.9. The van der Waals surface area contributed by atoms with Gasteiger partial charge in [0.25, 0.3) is 0 Å². The molecule has 1 aliphatic heterocycles. The van der Waals surface area contributed by atoms with Gasteiger partial charge >= 0.3 is 0 Å². The van der Waals surface area contributed by atoms with E-state index in [9.17, 15) is 9.59 Å². The smallest absolute Gasteiger partial charge is 0.248 e. The SMILES string of the molecule is CCC1(C)NC(=O)CCN(C(C)CC(C)C)C1=O. The maximum absolute atomic E-state index is 12.6. The maximum atomic E-state index is 12.6. The molecule has 2 unspecified atom stereocenters. The zero-order valence-electron chi connectivity index (χ0n) is 12.2. The second-order valence-electron chi connectivity index (χ2n) is 5.96. The summed E-state index contributed by atoms with van der Waals surface area (Å²) in [6, 6.07) is 0.191. The van der Waals surface area contributed by atoms with E-state index in [2.05, 4.69) is 26.1 Å². The third kappa shape index (κ3) is 3.24. The molecule has 0 aliphatic carbocycles. The van der Waals surface area contributed by atoms with E-state index < -0.39 is 5.54 Å². The molecule has 0 spiro atoms. The van der Waals surface area contributed by atoms with Gasteiger partial charge in [0.05, 0.1) is 0 Å². The van der Waals surface area contributed by atoms with Crippen LogP contribution >= 0.6 is 0 Å². The van der Waals surface area contributed by atoms with Gasteiger partial charge in [0.2, 0.25) is 11.8 Å². The summed E-state index contributed by atoms with van der Waals surface area (Å²) in [7, 11) is 0. The van der Waals surface area contributed by atoms with Gasteiger partial charge in [-0.05, 0) is 32.6 Å². The van der Waals surface area contributed by atoms with Gasteiger partial charge in [0.1, 0.15) is 5.54 Å². The van der Waals surface area contributed by atoms with Crippen molar-refractivity contribution in [2.45, 2.75) is 65.5 Å². The molecule has 104 valence electrons. The summed E-state index contributed by atoms with van der Waals surface area (Å²) in [5.74, 6) is 0.587. The fourth-order valence-electron chi connectivity index (χ4n) is 2.53. The van der Waals surface area contributed by atoms with Gasteiger partial charge in [-0.15, -0.1) is 0 Å². The standard InChI is InChI=1S/C14H26N2O2/c1-6-14(5)13(18)16(8-7-12(17)15-14)11(4)9-10(2)3/h10-11H,6-9H2,1-5H3,(H,15,17). The van der Waals surface area contributed by atoms with Crippen LogP contribution in [0.3, 0.4) is 0 Å². The van der Waals surface area contributed by atoms with E-state index in [1.165, 1.54) is 0 Å². The van der Waals surface area contributed by atoms with Gasteiger partial charge in [-0.3, -0.25) is 9.59 Å². The Morgan fingerprint density at radius 1 is 1.33 bits per heavy atom. The van der Waals surface area contributed by atoms with Gasteiger partial charge in [-0.25, -0.2) is 0 Å². The van der Waals surface area contributed by atoms with Gasteiger partial charge in [0, 0.05) is 19.0 Å². The molecule has 4 nitrogen and oxygen atoms in total. The van der Waals surface area contributed by atoms with Crippen LogP contribution in [0.25, 0.3) is 0 Å². The Kier molecular flexibility index (Phi) is 4.77. The highest BCUT2D eigenvalue weighted by atomic mass is 16.2. The number of nitrogens with zero attached hydrogens (tertiary/aromatic N) is 1. The largest absolute Gasteiger partial charge is 0.342 e. The van der Waals surface area contributed by atoms with Crippen LogP contribution in [0.1, 0.15) is 53.9 Å². The molecule has 1 heterocycles. The second-order valence-corrected chi connectivity index (χ2v) is 5.96. The molecule has 0 bridgehead atoms. The summed E-state index contributed by atoms with van der Waals surface area (Å²) in [6.07, 6.45) is 2.01. The van der Waals surface area contributed by atoms with Gasteiger partial charge < -0.3 is 10.2 Å². The third-order valence-corrected chi connectivity index (χ3v) is 3.78. The first kappa shape index (κ1) is 15.0. The number of hydrogen-bond donors (Lipinski definition) is 1. The summed E-state index contributed by atoms with van der Waals surface area (Å²) in [4.78, 5) is 26.2. The molecular weight excluding hydrogens is 228 g/mol. The average molecular weight is 254 g/mol. The summed E-state index contributed by atoms with van der Waals surface area (Å²) in [5, 5.41) is 2.86. The number of amides is 2. The fraction of sp³-hybridized carbons (Fsp3) is 0.857. The third-order valence-electron chi connectivity index (χ3n) is 3.78. The number of carbonyl (C=O) groups is 2. The minimum absolute atomic E-state index is 0.0213. The van der Waals surface area contributed by atoms with E-state index in [1.807, 2.05) is 18.7 Å². The van der Waals surface area contributed by atoms with Gasteiger partial charge in [0.15, 0.2) is 0 Å². The average Bonchev–Trinajstić information content (AvgIpc) is 2.37. The monoisotopic (exact) mass is 254 g/mol. The van der Waals surface area contributed by atoms with Crippen LogP contribution in [0.2, 0.25) is 0 Å². The van der Waals surface area contributed by atoms with Crippen LogP contribution in [-0.4, -0.2) is 34.8 Å². The lowest BCUT2D eigenvalue weighted by Crippen LogP contribution is -2.56. The molecule has 1 aliphatic rings. The van der Waals surface area contributed by atoms with Crippen molar-refractivity contribution in [1.29, 1.82) is 0 Å². The Bertz CT molecular complexity index is 328. The van der Waals surface area contributed by atoms with E-state index in [0.717, 1.165) is 6.42 Å². The lowest BCUT2D eigenvalue weighted by Gasteiger charge is -2.35. The van der Waals surface area contributed by atoms with Crippen molar-refractivity contribution in [2.24, 2.45) is 5.92 Å². The lowest BCUT2D eigenvalue weighted by molar-refractivity contribution is -0.140. The minimum atomic E-state index is -0.737. The van der Waals surface area contributed by atoms with Crippen molar-refractivity contribution < 1.29 is 9.59 Å². The molecule has 2 atom stereocenters. The van der Waals surface area contributed by atoms with Crippen molar-refractivity contribution in [3.8, 4) is 0 Å². The molecular formula is C14H26N2O2. The van der Waals surface area contributed by atoms with Gasteiger partial charge in [-0.1, -0.05) is 20.8 Å². The second kappa shape index (κ2) is 5.72. The van der Waals surface area contributed by atoms with Crippen molar-refractivity contribution >= 4 is 11.8 Å². The van der Waals surface area contributed by atoms with E-state index in [-0.39, 0.29) is 17.9 Å². The summed E-state index contributed by atoms with van der Waals surface area (Å²) < 4.78 is 0. The number of rotatable bonds is 4. The Hall–Kier alpha value is -1.06. The van der Waals surface area contributed by atoms with Crippen molar-refractivity contribution in [3.05, 3.63) is 0 Å². The fourth-order valence-corrected chi connectivity index (χ4v) is 2.53. The molecule has 0 saturated carbocycles. The predicted molar refractivity (Wildman–Crippen MR) is 72.1 cm³/mol. The number of hydrogen-bond acceptors (Lipinski definition) is 2. The Balaban J connectivity index is 2.90. The lowest BCUT2D eigenvalue weighted by atomic mass is 9.95. The summed E-state index contributed by atoms with van der Waals surface area (Å²) in [5.41, 5.74) is -0.737. The maximum Gasteiger partial charge on any atom is 0.248 e. The molecule has 0 aromatic carbocycles. The minimum Gasteiger partial charge on any atom is -0.342 e. The van der Waals surface area contributed by atoms with Crippen molar-refractivity contribution in [3.63, 3.8) is 0 Å². The Labute approximate surface area is 110 Å². The molecule has 1 fully saturated rings. The molecule has 1 rings (SSSR count). The normalized spacial score (nSPS) is 27.1. The quantitative estimate of drug-likeness (QED) is 0.833. The molecule has 4 heteroatoms. The Morgan fingerprint density at radius 3 is 2.44 bits per heavy atom. The van der Waals surface area contributed by atoms with Gasteiger partial charge in [-0.2, -0.15) is 0 Å². The van der Waals surface area contributed by atoms with Crippen LogP contribution in [0, 0.1) is 5.92 Å². The Morgan fingerprint density at radius 2 is 1.94 bits per heavy atom. The van der Waals surface area contributed by atoms with E-state index >= 15 is 0 Å². The highest BCUT2D eigenvalue weighted by Crippen LogP contribution is 2.21. The molecule has 0 aromatic rings. The van der Waals surface area contributed by atoms with Crippen molar-refractivity contribution in [2.75, 3.05) is 6.54 Å². The number of nitrogens with one attached hydrogen (secondary N) is 1. The summed E-state index contributed by atoms with van der Waals surface area (Å²) >= 11 is 0. The highest BCUT2D eigenvalue weighted by Gasteiger charge is 2.40. The molecule has 1 N–H and O–H groups in total. The first-order valence-corrected chi connectivity index (χ1v) is 6.92. The van der Waals surface area contributed by atoms with E-state index in [0.29, 0.717) is 25.3 Å². The zero-order valence-corrected chi connectivity index (χ0v) is 12.2. The molecule has 18 heavy (non-hydrogen) atoms. The van der Waals surface area contributed by atoms with E-state index in [1.54, 1.807) is 0 Å². The topological polar surface area (TPSA) is 49.4 Å². The van der Waals surface area contributed by atoms with Crippen LogP contribution < -0.4 is 5.32 Å². The predicted octanol–water partition coefficient (Wildman–Crippen LogP) is 1.94. The van der Waals surface area contributed by atoms with Crippen LogP contribution in [0.15, 0.2) is 0 Å². The first-order valence-electron chi connectivity index (χ1n) is 6.92. The van der Waals surface area contributed by atoms with Crippen LogP contribution in [-0.2, 0) is 9.59 Å². The van der Waals surface area contributed by atoms with Crippen LogP contribution in [0.5, 0.6) is 0 Å². The van der Waals surface area contributed by atoms with Crippen LogP contribution in [0.4, 0.5) is 0 Å². The molecule has 0 aromatic heterocycles. The molecule has 0 radical (unpaired) electrons. The van der Waals surface area contributed by atoms with Crippen molar-refractivity contribution in [1.82, 2.24) is 10.2 Å². The highest BCUT2D eigenvalue weighted by molar-refractivity contribution is 5.93. The van der Waals surface area contributed by atoms with E-state index in [4.69, 9.17) is 0 Å². The number of carbonyl (C=O) groups excluding carboxylic acids is 2. The molecule has 1 saturated heterocycles.